The van der Waals surface area contributed by atoms with Gasteiger partial charge in [-0.25, -0.2) is 0 Å². The van der Waals surface area contributed by atoms with Crippen LogP contribution < -0.4 is 5.32 Å². The topological polar surface area (TPSA) is 65.1 Å². The normalized spacial score (nSPS) is 13.6. The van der Waals surface area contributed by atoms with Crippen molar-refractivity contribution >= 4 is 39.5 Å². The number of carbonyl (C=O) groups is 1. The number of nitrogens with one attached hydrogen (secondary N) is 2. The molecule has 1 atom stereocenters. The van der Waals surface area contributed by atoms with Crippen molar-refractivity contribution in [2.75, 3.05) is 6.54 Å². The first-order valence-electron chi connectivity index (χ1n) is 7.82. The van der Waals surface area contributed by atoms with E-state index in [0.717, 1.165) is 21.3 Å². The smallest absolute Gasteiger partial charge is 0.267 e. The number of thiophene rings is 2. The minimum Gasteiger partial charge on any atom is -0.378 e. The summed E-state index contributed by atoms with van der Waals surface area (Å²) in [5, 5.41) is 20.9. The summed E-state index contributed by atoms with van der Waals surface area (Å²) in [5.41, 5.74) is 0.964. The molecule has 0 spiro atoms. The van der Waals surface area contributed by atoms with Crippen LogP contribution in [0.3, 0.4) is 0 Å². The molecule has 0 saturated carbocycles. The van der Waals surface area contributed by atoms with E-state index in [1.165, 1.54) is 22.7 Å². The maximum absolute atomic E-state index is 12.6. The van der Waals surface area contributed by atoms with Crippen LogP contribution in [0.4, 0.5) is 0 Å². The first-order chi connectivity index (χ1) is 12.2. The van der Waals surface area contributed by atoms with Crippen LogP contribution in [0.5, 0.6) is 0 Å². The van der Waals surface area contributed by atoms with E-state index in [0.29, 0.717) is 5.69 Å². The molecule has 0 radical (unpaired) electrons. The Balaban J connectivity index is 1.58. The molecule has 25 heavy (non-hydrogen) atoms. The van der Waals surface area contributed by atoms with Crippen molar-refractivity contribution in [2.45, 2.75) is 5.60 Å². The predicted molar refractivity (Wildman–Crippen MR) is 102 cm³/mol. The molecule has 0 aliphatic heterocycles. The van der Waals surface area contributed by atoms with Crippen LogP contribution in [-0.2, 0) is 5.60 Å². The van der Waals surface area contributed by atoms with Gasteiger partial charge in [0.15, 0.2) is 0 Å². The number of carbonyl (C=O) groups excluding carboxylic acids is 1. The minimum atomic E-state index is -1.23. The van der Waals surface area contributed by atoms with Crippen molar-refractivity contribution in [2.24, 2.45) is 0 Å². The van der Waals surface area contributed by atoms with E-state index in [1.54, 1.807) is 0 Å². The molecule has 6 heteroatoms. The van der Waals surface area contributed by atoms with E-state index in [1.807, 2.05) is 64.7 Å². The second kappa shape index (κ2) is 6.48. The fourth-order valence-electron chi connectivity index (χ4n) is 2.84. The van der Waals surface area contributed by atoms with Crippen LogP contribution in [0, 0.1) is 0 Å². The van der Waals surface area contributed by atoms with Crippen LogP contribution in [0.1, 0.15) is 20.9 Å². The average molecular weight is 368 g/mol. The third-order valence-corrected chi connectivity index (χ3v) is 5.91. The molecule has 3 heterocycles. The summed E-state index contributed by atoms with van der Waals surface area (Å²) in [6, 6.07) is 15.2. The summed E-state index contributed by atoms with van der Waals surface area (Å²) in [6.07, 6.45) is 0. The number of rotatable bonds is 5. The first kappa shape index (κ1) is 16.1. The zero-order valence-corrected chi connectivity index (χ0v) is 14.9. The molecule has 0 fully saturated rings. The number of hydrogen-bond donors (Lipinski definition) is 3. The van der Waals surface area contributed by atoms with Gasteiger partial charge in [0.1, 0.15) is 11.3 Å². The van der Waals surface area contributed by atoms with Crippen molar-refractivity contribution in [1.29, 1.82) is 0 Å². The molecule has 0 aliphatic carbocycles. The second-order valence-electron chi connectivity index (χ2n) is 5.80. The third-order valence-electron chi connectivity index (χ3n) is 4.21. The summed E-state index contributed by atoms with van der Waals surface area (Å²) in [5.74, 6) is -0.235. The van der Waals surface area contributed by atoms with Gasteiger partial charge in [-0.05, 0) is 40.4 Å². The molecular formula is C19H16N2O2S2. The summed E-state index contributed by atoms with van der Waals surface area (Å²) in [7, 11) is 0. The zero-order valence-electron chi connectivity index (χ0n) is 13.2. The molecule has 4 aromatic rings. The highest BCUT2D eigenvalue weighted by molar-refractivity contribution is 7.10. The van der Waals surface area contributed by atoms with Gasteiger partial charge in [0.2, 0.25) is 0 Å². The van der Waals surface area contributed by atoms with Crippen molar-refractivity contribution < 1.29 is 9.90 Å². The minimum absolute atomic E-state index is 0.110. The van der Waals surface area contributed by atoms with E-state index in [9.17, 15) is 9.90 Å². The molecule has 0 aliphatic rings. The average Bonchev–Trinajstić information content (AvgIpc) is 3.40. The van der Waals surface area contributed by atoms with Gasteiger partial charge in [-0.3, -0.25) is 4.79 Å². The van der Waals surface area contributed by atoms with Gasteiger partial charge in [-0.2, -0.15) is 11.3 Å². The number of aromatic amines is 1. The summed E-state index contributed by atoms with van der Waals surface area (Å²) < 4.78 is 0. The number of benzene rings is 1. The Labute approximate surface area is 152 Å². The van der Waals surface area contributed by atoms with Gasteiger partial charge in [-0.15, -0.1) is 11.3 Å². The van der Waals surface area contributed by atoms with Crippen molar-refractivity contribution in [3.8, 4) is 0 Å². The highest BCUT2D eigenvalue weighted by atomic mass is 32.1. The Hall–Kier alpha value is -2.41. The van der Waals surface area contributed by atoms with E-state index in [2.05, 4.69) is 10.3 Å². The molecule has 3 aromatic heterocycles. The third kappa shape index (κ3) is 3.00. The van der Waals surface area contributed by atoms with Crippen molar-refractivity contribution in [3.63, 3.8) is 0 Å². The lowest BCUT2D eigenvalue weighted by atomic mass is 9.94. The van der Waals surface area contributed by atoms with E-state index < -0.39 is 5.60 Å². The Morgan fingerprint density at radius 3 is 2.76 bits per heavy atom. The first-order valence-corrected chi connectivity index (χ1v) is 9.64. The van der Waals surface area contributed by atoms with Crippen LogP contribution in [0.2, 0.25) is 0 Å². The SMILES string of the molecule is O=C(NCC(O)(c1ccsc1)c1cccs1)c1cc2ccccc2[nH]1. The van der Waals surface area contributed by atoms with Crippen molar-refractivity contribution in [3.05, 3.63) is 80.8 Å². The number of aromatic nitrogens is 1. The van der Waals surface area contributed by atoms with E-state index in [-0.39, 0.29) is 12.5 Å². The Bertz CT molecular complexity index is 920. The van der Waals surface area contributed by atoms with Crippen LogP contribution in [0.15, 0.2) is 64.7 Å². The van der Waals surface area contributed by atoms with Gasteiger partial charge in [0, 0.05) is 21.3 Å². The summed E-state index contributed by atoms with van der Waals surface area (Å²) >= 11 is 3.00. The number of para-hydroxylation sites is 1. The number of hydrogen-bond acceptors (Lipinski definition) is 4. The molecule has 1 unspecified atom stereocenters. The number of H-pyrrole nitrogens is 1. The maximum atomic E-state index is 12.6. The lowest BCUT2D eigenvalue weighted by Gasteiger charge is -2.26. The van der Waals surface area contributed by atoms with Gasteiger partial charge in [0.25, 0.3) is 5.91 Å². The van der Waals surface area contributed by atoms with Crippen LogP contribution in [-0.4, -0.2) is 22.5 Å². The van der Waals surface area contributed by atoms with E-state index >= 15 is 0 Å². The predicted octanol–water partition coefficient (Wildman–Crippen LogP) is 3.96. The lowest BCUT2D eigenvalue weighted by Crippen LogP contribution is -2.41. The molecule has 126 valence electrons. The number of aliphatic hydroxyl groups is 1. The van der Waals surface area contributed by atoms with Gasteiger partial charge in [-0.1, -0.05) is 24.3 Å². The molecular weight excluding hydrogens is 352 g/mol. The molecule has 0 saturated heterocycles. The van der Waals surface area contributed by atoms with E-state index in [4.69, 9.17) is 0 Å². The Morgan fingerprint density at radius 1 is 1.16 bits per heavy atom. The quantitative estimate of drug-likeness (QED) is 0.499. The Kier molecular flexibility index (Phi) is 4.17. The van der Waals surface area contributed by atoms with Gasteiger partial charge < -0.3 is 15.4 Å². The summed E-state index contributed by atoms with van der Waals surface area (Å²) in [4.78, 5) is 16.5. The zero-order chi connectivity index (χ0) is 17.3. The van der Waals surface area contributed by atoms with Crippen LogP contribution in [0.25, 0.3) is 10.9 Å². The highest BCUT2D eigenvalue weighted by Gasteiger charge is 2.33. The fraction of sp³-hybridized carbons (Fsp3) is 0.105. The largest absolute Gasteiger partial charge is 0.378 e. The molecule has 0 bridgehead atoms. The molecule has 4 nitrogen and oxygen atoms in total. The standard InChI is InChI=1S/C19H16N2O2S2/c22-18(16-10-13-4-1-2-5-15(13)21-16)20-12-19(23,14-7-9-24-11-14)17-6-3-8-25-17/h1-11,21,23H,12H2,(H,20,22). The molecule has 4 rings (SSSR count). The van der Waals surface area contributed by atoms with Crippen LogP contribution >= 0.6 is 22.7 Å². The monoisotopic (exact) mass is 368 g/mol. The fourth-order valence-corrected chi connectivity index (χ4v) is 4.41. The summed E-state index contributed by atoms with van der Waals surface area (Å²) in [6.45, 7) is 0.110. The molecule has 1 aromatic carbocycles. The highest BCUT2D eigenvalue weighted by Crippen LogP contribution is 2.33. The second-order valence-corrected chi connectivity index (χ2v) is 7.53. The molecule has 3 N–H and O–H groups in total. The Morgan fingerprint density at radius 2 is 2.04 bits per heavy atom. The molecule has 1 amide bonds. The van der Waals surface area contributed by atoms with Gasteiger partial charge >= 0.3 is 0 Å². The van der Waals surface area contributed by atoms with Gasteiger partial charge in [0.05, 0.1) is 6.54 Å². The van der Waals surface area contributed by atoms with Crippen molar-refractivity contribution in [1.82, 2.24) is 10.3 Å². The maximum Gasteiger partial charge on any atom is 0.267 e. The number of amides is 1. The number of fused-ring (bicyclic) bond motifs is 1. The lowest BCUT2D eigenvalue weighted by molar-refractivity contribution is 0.0718.